The van der Waals surface area contributed by atoms with Crippen LogP contribution in [0.4, 0.5) is 5.69 Å². The number of nitrogens with one attached hydrogen (secondary N) is 2. The van der Waals surface area contributed by atoms with E-state index in [2.05, 4.69) is 16.9 Å². The topological polar surface area (TPSA) is 41.1 Å². The second kappa shape index (κ2) is 10.1. The molecule has 5 heteroatoms. The summed E-state index contributed by atoms with van der Waals surface area (Å²) in [5.41, 5.74) is 0.735. The van der Waals surface area contributed by atoms with Gasteiger partial charge in [-0.3, -0.25) is 4.79 Å². The zero-order chi connectivity index (χ0) is 13.9. The SMILES string of the molecule is CSCCCCCNCC(=O)Nc1cccc(Cl)c1. The quantitative estimate of drug-likeness (QED) is 0.687. The summed E-state index contributed by atoms with van der Waals surface area (Å²) in [5.74, 6) is 1.18. The minimum Gasteiger partial charge on any atom is -0.325 e. The largest absolute Gasteiger partial charge is 0.325 e. The third kappa shape index (κ3) is 8.14. The second-order valence-corrected chi connectivity index (χ2v) is 5.71. The van der Waals surface area contributed by atoms with Crippen LogP contribution in [0.2, 0.25) is 5.02 Å². The van der Waals surface area contributed by atoms with E-state index in [1.54, 1.807) is 12.1 Å². The van der Waals surface area contributed by atoms with Crippen LogP contribution in [0.3, 0.4) is 0 Å². The molecule has 1 aromatic carbocycles. The Labute approximate surface area is 124 Å². The molecule has 0 saturated carbocycles. The van der Waals surface area contributed by atoms with Gasteiger partial charge >= 0.3 is 0 Å². The van der Waals surface area contributed by atoms with Gasteiger partial charge in [-0.25, -0.2) is 0 Å². The standard InChI is InChI=1S/C14H21ClN2OS/c1-19-9-4-2-3-8-16-11-14(18)17-13-7-5-6-12(15)10-13/h5-7,10,16H,2-4,8-9,11H2,1H3,(H,17,18). The van der Waals surface area contributed by atoms with E-state index >= 15 is 0 Å². The first-order valence-electron chi connectivity index (χ1n) is 6.47. The van der Waals surface area contributed by atoms with Gasteiger partial charge in [-0.1, -0.05) is 24.1 Å². The molecule has 0 atom stereocenters. The van der Waals surface area contributed by atoms with Crippen LogP contribution in [0, 0.1) is 0 Å². The Hall–Kier alpha value is -0.710. The summed E-state index contributed by atoms with van der Waals surface area (Å²) >= 11 is 7.72. The first kappa shape index (κ1) is 16.3. The summed E-state index contributed by atoms with van der Waals surface area (Å²) in [4.78, 5) is 11.6. The first-order chi connectivity index (χ1) is 9.22. The maximum atomic E-state index is 11.6. The number of carbonyl (C=O) groups is 1. The number of anilines is 1. The molecule has 2 N–H and O–H groups in total. The van der Waals surface area contributed by atoms with Crippen LogP contribution in [0.25, 0.3) is 0 Å². The van der Waals surface area contributed by atoms with Crippen molar-refractivity contribution in [3.8, 4) is 0 Å². The van der Waals surface area contributed by atoms with Crippen molar-refractivity contribution in [3.05, 3.63) is 29.3 Å². The van der Waals surface area contributed by atoms with Crippen molar-refractivity contribution in [2.75, 3.05) is 30.4 Å². The molecular weight excluding hydrogens is 280 g/mol. The number of amides is 1. The number of thioether (sulfide) groups is 1. The smallest absolute Gasteiger partial charge is 0.238 e. The molecule has 0 aliphatic carbocycles. The molecule has 0 saturated heterocycles. The van der Waals surface area contributed by atoms with Crippen LogP contribution in [0.15, 0.2) is 24.3 Å². The highest BCUT2D eigenvalue weighted by Crippen LogP contribution is 2.14. The number of hydrogen-bond acceptors (Lipinski definition) is 3. The zero-order valence-corrected chi connectivity index (χ0v) is 12.8. The average molecular weight is 301 g/mol. The molecule has 0 spiro atoms. The molecule has 1 amide bonds. The molecule has 0 bridgehead atoms. The molecule has 0 heterocycles. The van der Waals surface area contributed by atoms with Crippen molar-refractivity contribution in [2.24, 2.45) is 0 Å². The normalized spacial score (nSPS) is 10.4. The Morgan fingerprint density at radius 3 is 2.89 bits per heavy atom. The van der Waals surface area contributed by atoms with E-state index in [9.17, 15) is 4.79 Å². The fraction of sp³-hybridized carbons (Fsp3) is 0.500. The summed E-state index contributed by atoms with van der Waals surface area (Å²) < 4.78 is 0. The van der Waals surface area contributed by atoms with Crippen LogP contribution >= 0.6 is 23.4 Å². The Morgan fingerprint density at radius 1 is 1.32 bits per heavy atom. The Bertz CT molecular complexity index is 387. The van der Waals surface area contributed by atoms with Gasteiger partial charge in [0.2, 0.25) is 5.91 Å². The monoisotopic (exact) mass is 300 g/mol. The minimum absolute atomic E-state index is 0.0358. The van der Waals surface area contributed by atoms with Crippen LogP contribution in [0.5, 0.6) is 0 Å². The third-order valence-electron chi connectivity index (χ3n) is 2.60. The average Bonchev–Trinajstić information content (AvgIpc) is 2.37. The predicted molar refractivity (Wildman–Crippen MR) is 85.2 cm³/mol. The predicted octanol–water partition coefficient (Wildman–Crippen LogP) is 3.40. The fourth-order valence-electron chi connectivity index (χ4n) is 1.65. The van der Waals surface area contributed by atoms with Crippen molar-refractivity contribution in [2.45, 2.75) is 19.3 Å². The summed E-state index contributed by atoms with van der Waals surface area (Å²) in [6, 6.07) is 7.16. The van der Waals surface area contributed by atoms with E-state index in [0.29, 0.717) is 11.6 Å². The lowest BCUT2D eigenvalue weighted by Crippen LogP contribution is -2.28. The molecule has 19 heavy (non-hydrogen) atoms. The summed E-state index contributed by atoms with van der Waals surface area (Å²) in [6.07, 6.45) is 5.70. The number of rotatable bonds is 9. The molecule has 1 aromatic rings. The number of unbranched alkanes of at least 4 members (excludes halogenated alkanes) is 2. The van der Waals surface area contributed by atoms with Gasteiger partial charge in [-0.2, -0.15) is 11.8 Å². The van der Waals surface area contributed by atoms with Crippen molar-refractivity contribution < 1.29 is 4.79 Å². The van der Waals surface area contributed by atoms with Crippen molar-refractivity contribution >= 4 is 35.0 Å². The van der Waals surface area contributed by atoms with Crippen molar-refractivity contribution in [3.63, 3.8) is 0 Å². The van der Waals surface area contributed by atoms with E-state index in [4.69, 9.17) is 11.6 Å². The number of carbonyl (C=O) groups excluding carboxylic acids is 1. The maximum Gasteiger partial charge on any atom is 0.238 e. The van der Waals surface area contributed by atoms with E-state index in [1.807, 2.05) is 23.9 Å². The highest BCUT2D eigenvalue weighted by atomic mass is 35.5. The highest BCUT2D eigenvalue weighted by Gasteiger charge is 2.01. The van der Waals surface area contributed by atoms with Crippen molar-refractivity contribution in [1.82, 2.24) is 5.32 Å². The molecule has 1 rings (SSSR count). The van der Waals surface area contributed by atoms with Crippen LogP contribution in [-0.4, -0.2) is 31.0 Å². The van der Waals surface area contributed by atoms with Crippen LogP contribution in [0.1, 0.15) is 19.3 Å². The lowest BCUT2D eigenvalue weighted by Gasteiger charge is -2.07. The second-order valence-electron chi connectivity index (χ2n) is 4.29. The van der Waals surface area contributed by atoms with Crippen LogP contribution in [-0.2, 0) is 4.79 Å². The van der Waals surface area contributed by atoms with Gasteiger partial charge in [-0.15, -0.1) is 0 Å². The lowest BCUT2D eigenvalue weighted by molar-refractivity contribution is -0.115. The molecule has 3 nitrogen and oxygen atoms in total. The molecule has 0 aliphatic rings. The van der Waals surface area contributed by atoms with Gasteiger partial charge in [0.15, 0.2) is 0 Å². The van der Waals surface area contributed by atoms with Crippen LogP contribution < -0.4 is 10.6 Å². The van der Waals surface area contributed by atoms with Crippen molar-refractivity contribution in [1.29, 1.82) is 0 Å². The molecule has 0 fully saturated rings. The van der Waals surface area contributed by atoms with E-state index < -0.39 is 0 Å². The third-order valence-corrected chi connectivity index (χ3v) is 3.53. The number of benzene rings is 1. The molecule has 0 unspecified atom stereocenters. The van der Waals surface area contributed by atoms with Gasteiger partial charge in [-0.05, 0) is 49.6 Å². The van der Waals surface area contributed by atoms with Gasteiger partial charge in [0.1, 0.15) is 0 Å². The number of hydrogen-bond donors (Lipinski definition) is 2. The highest BCUT2D eigenvalue weighted by molar-refractivity contribution is 7.98. The molecule has 106 valence electrons. The molecule has 0 radical (unpaired) electrons. The summed E-state index contributed by atoms with van der Waals surface area (Å²) in [7, 11) is 0. The maximum absolute atomic E-state index is 11.6. The first-order valence-corrected chi connectivity index (χ1v) is 8.24. The van der Waals surface area contributed by atoms with Gasteiger partial charge < -0.3 is 10.6 Å². The lowest BCUT2D eigenvalue weighted by atomic mass is 10.2. The van der Waals surface area contributed by atoms with E-state index in [1.165, 1.54) is 18.6 Å². The van der Waals surface area contributed by atoms with Gasteiger partial charge in [0.25, 0.3) is 0 Å². The van der Waals surface area contributed by atoms with Gasteiger partial charge in [0, 0.05) is 10.7 Å². The Morgan fingerprint density at radius 2 is 2.16 bits per heavy atom. The van der Waals surface area contributed by atoms with Gasteiger partial charge in [0.05, 0.1) is 6.54 Å². The summed E-state index contributed by atoms with van der Waals surface area (Å²) in [6.45, 7) is 1.23. The molecule has 0 aliphatic heterocycles. The zero-order valence-electron chi connectivity index (χ0n) is 11.2. The van der Waals surface area contributed by atoms with E-state index in [0.717, 1.165) is 18.7 Å². The fourth-order valence-corrected chi connectivity index (χ4v) is 2.33. The number of halogens is 1. The minimum atomic E-state index is -0.0358. The molecule has 0 aromatic heterocycles. The molecular formula is C14H21ClN2OS. The Kier molecular flexibility index (Phi) is 8.71. The summed E-state index contributed by atoms with van der Waals surface area (Å²) in [5, 5.41) is 6.57. The Balaban J connectivity index is 2.08. The van der Waals surface area contributed by atoms with E-state index in [-0.39, 0.29) is 5.91 Å².